The van der Waals surface area contributed by atoms with E-state index in [0.29, 0.717) is 5.31 Å². The van der Waals surface area contributed by atoms with Crippen LogP contribution < -0.4 is 5.31 Å². The third kappa shape index (κ3) is 0.824. The number of hydrogen-bond acceptors (Lipinski definition) is 3. The Morgan fingerprint density at radius 2 is 3.43 bits per heavy atom. The van der Waals surface area contributed by atoms with Crippen LogP contribution in [0.15, 0.2) is 4.99 Å². The molecular weight excluding hydrogens is 92.1 g/mol. The molecular formula is C4H8N2O. The smallest absolute Gasteiger partial charge is 0.284 e. The van der Waals surface area contributed by atoms with E-state index in [1.54, 1.807) is 0 Å². The zero-order valence-electron chi connectivity index (χ0n) is 7.66. The van der Waals surface area contributed by atoms with Crippen LogP contribution in [0.25, 0.3) is 0 Å². The lowest BCUT2D eigenvalue weighted by atomic mass is 10.7. The summed E-state index contributed by atoms with van der Waals surface area (Å²) in [6.07, 6.45) is 0. The second-order valence-electron chi connectivity index (χ2n) is 0.983. The molecule has 40 valence electrons. The molecule has 0 bridgehead atoms. The van der Waals surface area contributed by atoms with Crippen molar-refractivity contribution in [2.45, 2.75) is 0 Å². The molecule has 1 heterocycles. The van der Waals surface area contributed by atoms with E-state index in [1.807, 2.05) is 0 Å². The average molecular weight is 104 g/mol. The van der Waals surface area contributed by atoms with Crippen LogP contribution in [0.4, 0.5) is 0 Å². The Morgan fingerprint density at radius 3 is 4.00 bits per heavy atom. The lowest BCUT2D eigenvalue weighted by molar-refractivity contribution is 0.388. The van der Waals surface area contributed by atoms with E-state index in [2.05, 4.69) is 9.73 Å². The normalized spacial score (nSPS) is 48.6. The molecule has 0 aromatic rings. The Balaban J connectivity index is 2.59. The highest BCUT2D eigenvalue weighted by Gasteiger charge is 2.00. The van der Waals surface area contributed by atoms with E-state index >= 15 is 0 Å². The van der Waals surface area contributed by atoms with Gasteiger partial charge in [0.15, 0.2) is 1.41 Å². The number of methoxy groups -OCH3 is 1. The van der Waals surface area contributed by atoms with Gasteiger partial charge in [0.05, 0.1) is 17.7 Å². The van der Waals surface area contributed by atoms with Gasteiger partial charge in [0.25, 0.3) is 6.02 Å². The molecule has 0 aromatic heterocycles. The highest BCUT2D eigenvalue weighted by Crippen LogP contribution is 1.82. The minimum Gasteiger partial charge on any atom is -0.469 e. The quantitative estimate of drug-likeness (QED) is 0.453. The van der Waals surface area contributed by atoms with Gasteiger partial charge in [-0.25, -0.2) is 4.99 Å². The van der Waals surface area contributed by atoms with Crippen LogP contribution in [0.2, 0.25) is 1.41 Å². The van der Waals surface area contributed by atoms with Gasteiger partial charge in [-0.3, -0.25) is 0 Å². The Bertz CT molecular complexity index is 175. The molecule has 1 aliphatic rings. The van der Waals surface area contributed by atoms with Crippen molar-refractivity contribution in [3.63, 3.8) is 0 Å². The predicted octanol–water partition coefficient (Wildman–Crippen LogP) is -0.408. The summed E-state index contributed by atoms with van der Waals surface area (Å²) in [6.45, 7) is -2.02. The minimum atomic E-state index is -1.03. The zero-order valence-corrected chi connectivity index (χ0v) is 3.66. The van der Waals surface area contributed by atoms with Crippen molar-refractivity contribution in [3.8, 4) is 0 Å². The van der Waals surface area contributed by atoms with Crippen molar-refractivity contribution >= 4 is 6.02 Å². The molecule has 1 rings (SSSR count). The molecule has 1 N–H and O–H groups in total. The molecule has 3 nitrogen and oxygen atoms in total. The zero-order chi connectivity index (χ0) is 8.43. The molecule has 0 saturated heterocycles. The number of nitrogens with zero attached hydrogens (tertiary/aromatic N) is 1. The fraction of sp³-hybridized carbons (Fsp3) is 0.750. The highest BCUT2D eigenvalue weighted by atomic mass is 16.5. The number of nitrogens with one attached hydrogen (secondary N) is 1. The van der Waals surface area contributed by atoms with Crippen LogP contribution in [0.3, 0.4) is 0 Å². The summed E-state index contributed by atoms with van der Waals surface area (Å²) in [6, 6.07) is -0.111. The first-order valence-electron chi connectivity index (χ1n) is 4.10. The molecule has 0 aliphatic carbocycles. The monoisotopic (exact) mass is 104 g/mol. The molecule has 2 unspecified atom stereocenters. The largest absolute Gasteiger partial charge is 0.469 e. The van der Waals surface area contributed by atoms with Crippen LogP contribution in [0.5, 0.6) is 0 Å². The number of hydrogen-bond donors (Lipinski definition) is 1. The highest BCUT2D eigenvalue weighted by molar-refractivity contribution is 5.74. The van der Waals surface area contributed by atoms with Gasteiger partial charge in [-0.05, 0) is 0 Å². The van der Waals surface area contributed by atoms with Gasteiger partial charge >= 0.3 is 0 Å². The lowest BCUT2D eigenvalue weighted by Gasteiger charge is -1.94. The SMILES string of the molecule is [2H]COC1=NC([2H])C([2H])N1[2H]. The first kappa shape index (κ1) is 1.65. The topological polar surface area (TPSA) is 33.6 Å². The van der Waals surface area contributed by atoms with Crippen LogP contribution >= 0.6 is 0 Å². The van der Waals surface area contributed by atoms with Gasteiger partial charge in [-0.2, -0.15) is 0 Å². The molecule has 0 spiro atoms. The summed E-state index contributed by atoms with van der Waals surface area (Å²) in [5.41, 5.74) is 0. The standard InChI is InChI=1S/C4H8N2O/c1-7-4-5-2-3-6-4/h2-3H2,1H3,(H,5,6)/i1D,2D,3D/hD. The summed E-state index contributed by atoms with van der Waals surface area (Å²) < 4.78 is 32.6. The number of aliphatic imine (C=N–C) groups is 1. The maximum Gasteiger partial charge on any atom is 0.284 e. The molecule has 7 heavy (non-hydrogen) atoms. The summed E-state index contributed by atoms with van der Waals surface area (Å²) in [5, 5.41) is 0.687. The molecule has 2 atom stereocenters. The van der Waals surface area contributed by atoms with E-state index in [-0.39, 0.29) is 13.1 Å². The lowest BCUT2D eigenvalue weighted by Crippen LogP contribution is -2.19. The van der Waals surface area contributed by atoms with Gasteiger partial charge < -0.3 is 10.0 Å². The predicted molar refractivity (Wildman–Crippen MR) is 27.3 cm³/mol. The van der Waals surface area contributed by atoms with Crippen molar-refractivity contribution < 1.29 is 10.3 Å². The summed E-state index contributed by atoms with van der Waals surface area (Å²) >= 11 is 0. The maximum atomic E-state index is 7.15. The van der Waals surface area contributed by atoms with Gasteiger partial charge in [0, 0.05) is 6.52 Å². The minimum absolute atomic E-state index is 0.111. The first-order valence-corrected chi connectivity index (χ1v) is 1.79. The van der Waals surface area contributed by atoms with Crippen molar-refractivity contribution in [2.24, 2.45) is 4.99 Å². The van der Waals surface area contributed by atoms with Gasteiger partial charge in [0.2, 0.25) is 0 Å². The molecule has 0 saturated carbocycles. The van der Waals surface area contributed by atoms with Crippen LogP contribution in [-0.4, -0.2) is 26.1 Å². The number of amidine groups is 1. The Morgan fingerprint density at radius 1 is 2.43 bits per heavy atom. The first-order chi connectivity index (χ1) is 5.16. The van der Waals surface area contributed by atoms with Crippen LogP contribution in [-0.2, 0) is 4.74 Å². The van der Waals surface area contributed by atoms with Crippen LogP contribution in [0.1, 0.15) is 4.11 Å². The van der Waals surface area contributed by atoms with Crippen molar-refractivity contribution in [2.75, 3.05) is 20.1 Å². The van der Waals surface area contributed by atoms with E-state index in [1.165, 1.54) is 0 Å². The number of rotatable bonds is 0. The Labute approximate surface area is 48.1 Å². The molecule has 0 radical (unpaired) electrons. The molecule has 3 heteroatoms. The van der Waals surface area contributed by atoms with Gasteiger partial charge in [-0.1, -0.05) is 0 Å². The fourth-order valence-electron chi connectivity index (χ4n) is 0.302. The Hall–Kier alpha value is -0.730. The van der Waals surface area contributed by atoms with Crippen molar-refractivity contribution in [3.05, 3.63) is 0 Å². The number of ether oxygens (including phenoxy) is 1. The molecule has 1 aliphatic heterocycles. The Kier molecular flexibility index (Phi) is 0.429. The van der Waals surface area contributed by atoms with E-state index < -0.39 is 13.0 Å². The van der Waals surface area contributed by atoms with E-state index in [0.717, 1.165) is 0 Å². The average Bonchev–Trinajstić information content (AvgIpc) is 2.19. The van der Waals surface area contributed by atoms with Crippen molar-refractivity contribution in [1.82, 2.24) is 5.31 Å². The van der Waals surface area contributed by atoms with Gasteiger partial charge in [0.1, 0.15) is 0 Å². The molecule has 0 aromatic carbocycles. The maximum absolute atomic E-state index is 7.15. The summed E-state index contributed by atoms with van der Waals surface area (Å²) in [7, 11) is -0.340. The second kappa shape index (κ2) is 1.82. The fourth-order valence-corrected chi connectivity index (χ4v) is 0.302. The third-order valence-corrected chi connectivity index (χ3v) is 0.566. The second-order valence-corrected chi connectivity index (χ2v) is 0.983. The summed E-state index contributed by atoms with van der Waals surface area (Å²) in [5.74, 6) is 0. The molecule has 0 amide bonds. The van der Waals surface area contributed by atoms with Crippen molar-refractivity contribution in [1.29, 1.82) is 0 Å². The van der Waals surface area contributed by atoms with Gasteiger partial charge in [-0.15, -0.1) is 0 Å². The summed E-state index contributed by atoms with van der Waals surface area (Å²) in [4.78, 5) is 3.53. The third-order valence-electron chi connectivity index (χ3n) is 0.566. The van der Waals surface area contributed by atoms with Crippen LogP contribution in [0, 0.1) is 0 Å². The van der Waals surface area contributed by atoms with E-state index in [4.69, 9.17) is 5.52 Å². The van der Waals surface area contributed by atoms with E-state index in [9.17, 15) is 0 Å². The molecule has 0 fully saturated rings.